The molecular formula is C28H24BrF2N7O2. The lowest BCUT2D eigenvalue weighted by Crippen LogP contribution is -2.49. The SMILES string of the molecule is CCc1nc2ccccc2c(C(=O)N2CC(c3ocnc3Cn3cc(-c4cc(F)c(Br)c(F)c4N)nn3)C2)c1C. The van der Waals surface area contributed by atoms with Gasteiger partial charge in [0.2, 0.25) is 0 Å². The van der Waals surface area contributed by atoms with Gasteiger partial charge in [-0.15, -0.1) is 5.10 Å². The molecule has 2 aromatic carbocycles. The number of amides is 1. The van der Waals surface area contributed by atoms with E-state index in [0.29, 0.717) is 30.1 Å². The summed E-state index contributed by atoms with van der Waals surface area (Å²) in [6.45, 7) is 5.17. The van der Waals surface area contributed by atoms with E-state index >= 15 is 0 Å². The predicted octanol–water partition coefficient (Wildman–Crippen LogP) is 5.26. The Kier molecular flexibility index (Phi) is 6.57. The normalized spacial score (nSPS) is 13.7. The molecule has 1 fully saturated rings. The van der Waals surface area contributed by atoms with Crippen molar-refractivity contribution in [1.82, 2.24) is 29.9 Å². The van der Waals surface area contributed by atoms with Crippen LogP contribution in [0.5, 0.6) is 0 Å². The van der Waals surface area contributed by atoms with Crippen LogP contribution in [0.3, 0.4) is 0 Å². The van der Waals surface area contributed by atoms with Crippen LogP contribution in [0.25, 0.3) is 22.2 Å². The second-order valence-electron chi connectivity index (χ2n) is 9.75. The first-order valence-corrected chi connectivity index (χ1v) is 13.5. The Bertz CT molecular complexity index is 1780. The van der Waals surface area contributed by atoms with Crippen LogP contribution in [0.1, 0.15) is 45.9 Å². The van der Waals surface area contributed by atoms with E-state index < -0.39 is 11.6 Å². The molecular weight excluding hydrogens is 584 g/mol. The summed E-state index contributed by atoms with van der Waals surface area (Å²) in [7, 11) is 0. The third kappa shape index (κ3) is 4.32. The smallest absolute Gasteiger partial charge is 0.254 e. The van der Waals surface area contributed by atoms with E-state index in [2.05, 4.69) is 31.2 Å². The van der Waals surface area contributed by atoms with Crippen molar-refractivity contribution in [2.45, 2.75) is 32.7 Å². The van der Waals surface area contributed by atoms with Crippen molar-refractivity contribution in [1.29, 1.82) is 0 Å². The van der Waals surface area contributed by atoms with Gasteiger partial charge in [0.05, 0.1) is 39.9 Å². The first-order valence-electron chi connectivity index (χ1n) is 12.7. The summed E-state index contributed by atoms with van der Waals surface area (Å²) in [6, 6.07) is 8.81. The minimum atomic E-state index is -0.895. The molecule has 0 unspecified atom stereocenters. The predicted molar refractivity (Wildman–Crippen MR) is 148 cm³/mol. The van der Waals surface area contributed by atoms with Crippen LogP contribution in [0.2, 0.25) is 0 Å². The molecule has 204 valence electrons. The van der Waals surface area contributed by atoms with E-state index in [-0.39, 0.29) is 39.8 Å². The fourth-order valence-electron chi connectivity index (χ4n) is 5.15. The average Bonchev–Trinajstić information content (AvgIpc) is 3.58. The van der Waals surface area contributed by atoms with Gasteiger partial charge in [0.15, 0.2) is 12.2 Å². The summed E-state index contributed by atoms with van der Waals surface area (Å²) in [5.74, 6) is -1.09. The second kappa shape index (κ2) is 10.1. The molecule has 9 nitrogen and oxygen atoms in total. The number of benzene rings is 2. The molecule has 0 bridgehead atoms. The zero-order valence-electron chi connectivity index (χ0n) is 21.7. The Morgan fingerprint density at radius 2 is 2.00 bits per heavy atom. The molecule has 4 heterocycles. The van der Waals surface area contributed by atoms with Gasteiger partial charge in [-0.25, -0.2) is 18.4 Å². The third-order valence-electron chi connectivity index (χ3n) is 7.32. The number of pyridine rings is 1. The fourth-order valence-corrected chi connectivity index (χ4v) is 5.48. The minimum absolute atomic E-state index is 0.0319. The van der Waals surface area contributed by atoms with E-state index in [4.69, 9.17) is 15.1 Å². The fraction of sp³-hybridized carbons (Fsp3) is 0.250. The standard InChI is InChI=1S/C28H24BrF2N7O2/c1-3-19-14(2)23(16-6-4-5-7-20(16)34-19)28(39)37-9-15(10-37)27-22(33-13-40-27)12-38-11-21(35-36-38)17-8-18(30)24(29)25(31)26(17)32/h4-8,11,13,15H,3,9-10,12,32H2,1-2H3. The zero-order valence-corrected chi connectivity index (χ0v) is 23.2. The van der Waals surface area contributed by atoms with Crippen molar-refractivity contribution in [2.75, 3.05) is 18.8 Å². The number of nitrogen functional groups attached to an aromatic ring is 1. The molecule has 0 saturated carbocycles. The number of carbonyl (C=O) groups excluding carboxylic acids is 1. The van der Waals surface area contributed by atoms with Crippen molar-refractivity contribution < 1.29 is 18.0 Å². The molecule has 40 heavy (non-hydrogen) atoms. The van der Waals surface area contributed by atoms with Gasteiger partial charge >= 0.3 is 0 Å². The number of nitrogens with two attached hydrogens (primary N) is 1. The highest BCUT2D eigenvalue weighted by atomic mass is 79.9. The molecule has 2 N–H and O–H groups in total. The van der Waals surface area contributed by atoms with Crippen LogP contribution in [-0.2, 0) is 13.0 Å². The van der Waals surface area contributed by atoms with Crippen molar-refractivity contribution in [3.05, 3.63) is 87.3 Å². The van der Waals surface area contributed by atoms with E-state index in [1.807, 2.05) is 38.1 Å². The van der Waals surface area contributed by atoms with Crippen LogP contribution >= 0.6 is 15.9 Å². The van der Waals surface area contributed by atoms with Gasteiger partial charge < -0.3 is 15.1 Å². The monoisotopic (exact) mass is 607 g/mol. The summed E-state index contributed by atoms with van der Waals surface area (Å²) in [6.07, 6.45) is 3.64. The molecule has 0 atom stereocenters. The number of aromatic nitrogens is 5. The van der Waals surface area contributed by atoms with Gasteiger partial charge in [0.1, 0.15) is 23.0 Å². The van der Waals surface area contributed by atoms with Gasteiger partial charge in [-0.3, -0.25) is 9.78 Å². The quantitative estimate of drug-likeness (QED) is 0.207. The maximum Gasteiger partial charge on any atom is 0.254 e. The summed E-state index contributed by atoms with van der Waals surface area (Å²) < 4.78 is 35.2. The van der Waals surface area contributed by atoms with Crippen LogP contribution in [0.4, 0.5) is 14.5 Å². The number of halogens is 3. The van der Waals surface area contributed by atoms with Crippen molar-refractivity contribution in [3.63, 3.8) is 0 Å². The van der Waals surface area contributed by atoms with Gasteiger partial charge in [0.25, 0.3) is 5.91 Å². The summed E-state index contributed by atoms with van der Waals surface area (Å²) in [4.78, 5) is 24.5. The van der Waals surface area contributed by atoms with Crippen molar-refractivity contribution in [2.24, 2.45) is 0 Å². The number of nitrogens with zero attached hydrogens (tertiary/aromatic N) is 6. The van der Waals surface area contributed by atoms with Crippen LogP contribution in [0.15, 0.2) is 51.8 Å². The number of para-hydroxylation sites is 1. The lowest BCUT2D eigenvalue weighted by atomic mass is 9.92. The van der Waals surface area contributed by atoms with Gasteiger partial charge in [-0.05, 0) is 47.0 Å². The first kappa shape index (κ1) is 26.1. The van der Waals surface area contributed by atoms with Gasteiger partial charge in [-0.1, -0.05) is 30.3 Å². The summed E-state index contributed by atoms with van der Waals surface area (Å²) in [5.41, 5.74) is 9.89. The molecule has 6 rings (SSSR count). The average molecular weight is 608 g/mol. The zero-order chi connectivity index (χ0) is 28.1. The molecule has 1 aliphatic heterocycles. The Labute approximate surface area is 236 Å². The Hall–Kier alpha value is -4.19. The number of anilines is 1. The molecule has 1 aliphatic rings. The molecule has 5 aromatic rings. The van der Waals surface area contributed by atoms with Gasteiger partial charge in [-0.2, -0.15) is 0 Å². The van der Waals surface area contributed by atoms with E-state index in [1.165, 1.54) is 17.3 Å². The van der Waals surface area contributed by atoms with E-state index in [1.54, 1.807) is 4.90 Å². The second-order valence-corrected chi connectivity index (χ2v) is 10.5. The molecule has 0 spiro atoms. The van der Waals surface area contributed by atoms with Crippen LogP contribution < -0.4 is 5.73 Å². The Balaban J connectivity index is 1.19. The number of likely N-dealkylation sites (tertiary alicyclic amines) is 1. The number of hydrogen-bond acceptors (Lipinski definition) is 7. The molecule has 1 amide bonds. The highest BCUT2D eigenvalue weighted by molar-refractivity contribution is 9.10. The number of rotatable bonds is 6. The highest BCUT2D eigenvalue weighted by Crippen LogP contribution is 2.35. The molecule has 0 aliphatic carbocycles. The molecule has 1 saturated heterocycles. The topological polar surface area (TPSA) is 116 Å². The third-order valence-corrected chi connectivity index (χ3v) is 8.05. The largest absolute Gasteiger partial charge is 0.448 e. The molecule has 3 aromatic heterocycles. The first-order chi connectivity index (χ1) is 19.3. The maximum absolute atomic E-state index is 14.3. The summed E-state index contributed by atoms with van der Waals surface area (Å²) in [5, 5.41) is 8.95. The summed E-state index contributed by atoms with van der Waals surface area (Å²) >= 11 is 2.84. The number of aryl methyl sites for hydroxylation is 1. The Morgan fingerprint density at radius 1 is 1.23 bits per heavy atom. The molecule has 0 radical (unpaired) electrons. The van der Waals surface area contributed by atoms with E-state index in [0.717, 1.165) is 34.6 Å². The van der Waals surface area contributed by atoms with Gasteiger partial charge in [0, 0.05) is 29.7 Å². The van der Waals surface area contributed by atoms with Crippen LogP contribution in [0, 0.1) is 18.6 Å². The number of carbonyl (C=O) groups is 1. The minimum Gasteiger partial charge on any atom is -0.448 e. The van der Waals surface area contributed by atoms with Crippen molar-refractivity contribution >= 4 is 38.4 Å². The number of fused-ring (bicyclic) bond motifs is 1. The number of hydrogen-bond donors (Lipinski definition) is 1. The van der Waals surface area contributed by atoms with Crippen LogP contribution in [-0.4, -0.2) is 48.9 Å². The number of oxazole rings is 1. The highest BCUT2D eigenvalue weighted by Gasteiger charge is 2.37. The van der Waals surface area contributed by atoms with Crippen molar-refractivity contribution in [3.8, 4) is 11.3 Å². The lowest BCUT2D eigenvalue weighted by Gasteiger charge is -2.39. The Morgan fingerprint density at radius 3 is 2.77 bits per heavy atom. The maximum atomic E-state index is 14.3. The van der Waals surface area contributed by atoms with E-state index in [9.17, 15) is 13.6 Å². The molecule has 12 heteroatoms. The lowest BCUT2D eigenvalue weighted by molar-refractivity contribution is 0.0581.